The van der Waals surface area contributed by atoms with Crippen LogP contribution >= 0.6 is 34.2 Å². The van der Waals surface area contributed by atoms with Gasteiger partial charge in [0.1, 0.15) is 18.0 Å². The Balaban J connectivity index is 1.70. The zero-order valence-electron chi connectivity index (χ0n) is 13.7. The van der Waals surface area contributed by atoms with Gasteiger partial charge in [-0.1, -0.05) is 17.7 Å². The van der Waals surface area contributed by atoms with Crippen LogP contribution in [0.3, 0.4) is 0 Å². The van der Waals surface area contributed by atoms with Gasteiger partial charge in [0.2, 0.25) is 5.91 Å². The van der Waals surface area contributed by atoms with Crippen molar-refractivity contribution in [3.05, 3.63) is 62.3 Å². The van der Waals surface area contributed by atoms with Crippen molar-refractivity contribution in [2.75, 3.05) is 11.9 Å². The molecule has 0 atom stereocenters. The van der Waals surface area contributed by atoms with Crippen molar-refractivity contribution in [2.24, 2.45) is 0 Å². The number of aromatic hydroxyl groups is 1. The maximum Gasteiger partial charge on any atom is 0.329 e. The molecule has 2 aromatic rings. The van der Waals surface area contributed by atoms with Gasteiger partial charge in [0.25, 0.3) is 5.91 Å². The molecule has 0 bridgehead atoms. The Morgan fingerprint density at radius 1 is 1.22 bits per heavy atom. The lowest BCUT2D eigenvalue weighted by molar-refractivity contribution is -0.127. The Kier molecular flexibility index (Phi) is 5.66. The number of anilines is 1. The molecule has 1 fully saturated rings. The standard InChI is InChI=1S/C18H13ClIN3O4/c19-11-2-4-12(5-3-11)21-16(25)9-23-17(26)14(22-18(23)27)8-10-1-6-15(24)13(20)7-10/h1-8,24H,9H2,(H,21,25)(H,22,27)/b14-8-. The highest BCUT2D eigenvalue weighted by molar-refractivity contribution is 14.1. The fraction of sp³-hybridized carbons (Fsp3) is 0.0556. The van der Waals surface area contributed by atoms with E-state index in [9.17, 15) is 19.5 Å². The van der Waals surface area contributed by atoms with Crippen LogP contribution in [0.15, 0.2) is 48.2 Å². The molecule has 1 heterocycles. The highest BCUT2D eigenvalue weighted by Crippen LogP contribution is 2.22. The molecule has 0 unspecified atom stereocenters. The van der Waals surface area contributed by atoms with Gasteiger partial charge in [-0.15, -0.1) is 0 Å². The summed E-state index contributed by atoms with van der Waals surface area (Å²) in [6, 6.07) is 10.6. The average molecular weight is 498 g/mol. The van der Waals surface area contributed by atoms with Crippen LogP contribution in [0, 0.1) is 3.57 Å². The first-order chi connectivity index (χ1) is 12.8. The van der Waals surface area contributed by atoms with Crippen LogP contribution < -0.4 is 10.6 Å². The van der Waals surface area contributed by atoms with Gasteiger partial charge in [-0.3, -0.25) is 9.59 Å². The number of phenolic OH excluding ortho intramolecular Hbond substituents is 1. The molecule has 1 saturated heterocycles. The summed E-state index contributed by atoms with van der Waals surface area (Å²) in [6.45, 7) is -0.419. The van der Waals surface area contributed by atoms with E-state index in [1.54, 1.807) is 36.4 Å². The molecule has 2 aromatic carbocycles. The molecule has 0 radical (unpaired) electrons. The van der Waals surface area contributed by atoms with Gasteiger partial charge in [0.05, 0.1) is 3.57 Å². The molecule has 9 heteroatoms. The van der Waals surface area contributed by atoms with Crippen molar-refractivity contribution in [2.45, 2.75) is 0 Å². The highest BCUT2D eigenvalue weighted by atomic mass is 127. The van der Waals surface area contributed by atoms with Gasteiger partial charge in [-0.2, -0.15) is 0 Å². The van der Waals surface area contributed by atoms with Gasteiger partial charge in [0, 0.05) is 10.7 Å². The Bertz CT molecular complexity index is 960. The number of urea groups is 1. The van der Waals surface area contributed by atoms with Crippen molar-refractivity contribution >= 4 is 63.8 Å². The number of benzene rings is 2. The van der Waals surface area contributed by atoms with Gasteiger partial charge >= 0.3 is 6.03 Å². The van der Waals surface area contributed by atoms with E-state index in [-0.39, 0.29) is 11.4 Å². The highest BCUT2D eigenvalue weighted by Gasteiger charge is 2.34. The summed E-state index contributed by atoms with van der Waals surface area (Å²) in [6.07, 6.45) is 1.49. The second kappa shape index (κ2) is 7.97. The summed E-state index contributed by atoms with van der Waals surface area (Å²) in [5.41, 5.74) is 1.19. The number of rotatable bonds is 4. The van der Waals surface area contributed by atoms with Crippen molar-refractivity contribution < 1.29 is 19.5 Å². The van der Waals surface area contributed by atoms with Crippen LogP contribution in [-0.4, -0.2) is 34.4 Å². The monoisotopic (exact) mass is 497 g/mol. The molecule has 0 aromatic heterocycles. The number of imide groups is 1. The Morgan fingerprint density at radius 2 is 1.93 bits per heavy atom. The van der Waals surface area contributed by atoms with E-state index in [1.807, 2.05) is 22.6 Å². The fourth-order valence-electron chi connectivity index (χ4n) is 2.37. The zero-order valence-corrected chi connectivity index (χ0v) is 16.6. The molecule has 7 nitrogen and oxygen atoms in total. The molecule has 3 rings (SSSR count). The first kappa shape index (κ1) is 19.2. The summed E-state index contributed by atoms with van der Waals surface area (Å²) < 4.78 is 0.609. The lowest BCUT2D eigenvalue weighted by atomic mass is 10.2. The summed E-state index contributed by atoms with van der Waals surface area (Å²) in [7, 11) is 0. The van der Waals surface area contributed by atoms with Gasteiger partial charge in [-0.25, -0.2) is 9.69 Å². The Morgan fingerprint density at radius 3 is 2.59 bits per heavy atom. The minimum absolute atomic E-state index is 0.0563. The van der Waals surface area contributed by atoms with E-state index in [0.717, 1.165) is 4.90 Å². The molecule has 1 aliphatic heterocycles. The molecular weight excluding hydrogens is 485 g/mol. The van der Waals surface area contributed by atoms with Crippen molar-refractivity contribution in [3.8, 4) is 5.75 Å². The fourth-order valence-corrected chi connectivity index (χ4v) is 3.04. The Hall–Kier alpha value is -2.59. The number of hydrogen-bond donors (Lipinski definition) is 3. The van der Waals surface area contributed by atoms with Crippen molar-refractivity contribution in [1.82, 2.24) is 10.2 Å². The summed E-state index contributed by atoms with van der Waals surface area (Å²) in [4.78, 5) is 37.4. The van der Waals surface area contributed by atoms with Crippen LogP contribution in [0.1, 0.15) is 5.56 Å². The van der Waals surface area contributed by atoms with E-state index in [2.05, 4.69) is 10.6 Å². The zero-order chi connectivity index (χ0) is 19.6. The molecule has 0 saturated carbocycles. The molecule has 3 N–H and O–H groups in total. The molecule has 1 aliphatic rings. The first-order valence-corrected chi connectivity index (χ1v) is 9.17. The number of carbonyl (C=O) groups is 3. The number of carbonyl (C=O) groups excluding carboxylic acids is 3. The van der Waals surface area contributed by atoms with E-state index in [4.69, 9.17) is 11.6 Å². The van der Waals surface area contributed by atoms with Gasteiger partial charge in [-0.05, 0) is 70.6 Å². The normalized spacial score (nSPS) is 15.2. The van der Waals surface area contributed by atoms with E-state index in [0.29, 0.717) is 19.8 Å². The number of phenols is 1. The Labute approximate surface area is 173 Å². The van der Waals surface area contributed by atoms with Gasteiger partial charge in [0.15, 0.2) is 0 Å². The molecule has 4 amide bonds. The number of hydrogen-bond acceptors (Lipinski definition) is 4. The minimum Gasteiger partial charge on any atom is -0.507 e. The first-order valence-electron chi connectivity index (χ1n) is 7.72. The number of nitrogens with one attached hydrogen (secondary N) is 2. The second-order valence-electron chi connectivity index (χ2n) is 5.65. The summed E-state index contributed by atoms with van der Waals surface area (Å²) in [5.74, 6) is -0.990. The lowest BCUT2D eigenvalue weighted by Gasteiger charge is -2.12. The third kappa shape index (κ3) is 4.58. The van der Waals surface area contributed by atoms with Gasteiger partial charge < -0.3 is 15.7 Å². The maximum absolute atomic E-state index is 12.4. The smallest absolute Gasteiger partial charge is 0.329 e. The predicted molar refractivity (Wildman–Crippen MR) is 109 cm³/mol. The van der Waals surface area contributed by atoms with Crippen LogP contribution in [0.5, 0.6) is 5.75 Å². The van der Waals surface area contributed by atoms with Crippen molar-refractivity contribution in [1.29, 1.82) is 0 Å². The lowest BCUT2D eigenvalue weighted by Crippen LogP contribution is -2.38. The third-order valence-electron chi connectivity index (χ3n) is 3.67. The van der Waals surface area contributed by atoms with E-state index in [1.165, 1.54) is 12.1 Å². The van der Waals surface area contributed by atoms with Crippen LogP contribution in [0.2, 0.25) is 5.02 Å². The molecule has 0 aliphatic carbocycles. The number of halogens is 2. The van der Waals surface area contributed by atoms with Crippen LogP contribution in [-0.2, 0) is 9.59 Å². The second-order valence-corrected chi connectivity index (χ2v) is 7.24. The molecular formula is C18H13ClIN3O4. The summed E-state index contributed by atoms with van der Waals surface area (Å²) >= 11 is 7.74. The topological polar surface area (TPSA) is 98.7 Å². The van der Waals surface area contributed by atoms with E-state index >= 15 is 0 Å². The molecule has 27 heavy (non-hydrogen) atoms. The average Bonchev–Trinajstić information content (AvgIpc) is 2.87. The SMILES string of the molecule is O=C(CN1C(=O)N/C(=C\c2ccc(O)c(I)c2)C1=O)Nc1ccc(Cl)cc1. The molecule has 0 spiro atoms. The number of amides is 4. The number of nitrogens with zero attached hydrogens (tertiary/aromatic N) is 1. The van der Waals surface area contributed by atoms with Crippen LogP contribution in [0.25, 0.3) is 6.08 Å². The molecule has 138 valence electrons. The largest absolute Gasteiger partial charge is 0.507 e. The quantitative estimate of drug-likeness (QED) is 0.343. The maximum atomic E-state index is 12.4. The summed E-state index contributed by atoms with van der Waals surface area (Å²) in [5, 5.41) is 15.1. The predicted octanol–water partition coefficient (Wildman–Crippen LogP) is 3.18. The third-order valence-corrected chi connectivity index (χ3v) is 4.79. The minimum atomic E-state index is -0.675. The van der Waals surface area contributed by atoms with E-state index < -0.39 is 24.4 Å². The van der Waals surface area contributed by atoms with Crippen molar-refractivity contribution in [3.63, 3.8) is 0 Å². The van der Waals surface area contributed by atoms with Crippen LogP contribution in [0.4, 0.5) is 10.5 Å².